The fourth-order valence-electron chi connectivity index (χ4n) is 1.75. The highest BCUT2D eigenvalue weighted by atomic mass is 16.2. The van der Waals surface area contributed by atoms with Crippen molar-refractivity contribution in [3.05, 3.63) is 23.5 Å². The van der Waals surface area contributed by atoms with Crippen molar-refractivity contribution < 1.29 is 9.59 Å². The number of aryl methyl sites for hydroxylation is 1. The fourth-order valence-corrected chi connectivity index (χ4v) is 1.75. The number of nitrogens with two attached hydrogens (primary N) is 1. The third kappa shape index (κ3) is 3.45. The molecule has 1 heterocycles. The summed E-state index contributed by atoms with van der Waals surface area (Å²) < 4.78 is 0. The molecule has 2 amide bonds. The summed E-state index contributed by atoms with van der Waals surface area (Å²) in [6, 6.07) is 1.34. The summed E-state index contributed by atoms with van der Waals surface area (Å²) in [5, 5.41) is 5.48. The van der Waals surface area contributed by atoms with Crippen LogP contribution in [0.2, 0.25) is 0 Å². The van der Waals surface area contributed by atoms with Gasteiger partial charge in [0, 0.05) is 17.9 Å². The highest BCUT2D eigenvalue weighted by Crippen LogP contribution is 2.18. The molecule has 1 aromatic rings. The lowest BCUT2D eigenvalue weighted by molar-refractivity contribution is -0.122. The number of aromatic nitrogens is 1. The zero-order valence-corrected chi connectivity index (χ0v) is 11.6. The van der Waals surface area contributed by atoms with E-state index in [1.54, 1.807) is 19.9 Å². The van der Waals surface area contributed by atoms with E-state index in [0.29, 0.717) is 11.3 Å². The molecule has 1 fully saturated rings. The second kappa shape index (κ2) is 5.87. The summed E-state index contributed by atoms with van der Waals surface area (Å²) in [6.45, 7) is 3.45. The quantitative estimate of drug-likeness (QED) is 0.450. The van der Waals surface area contributed by atoms with E-state index < -0.39 is 6.04 Å². The second-order valence-corrected chi connectivity index (χ2v) is 4.99. The summed E-state index contributed by atoms with van der Waals surface area (Å²) in [5.41, 5.74) is 3.99. The van der Waals surface area contributed by atoms with Crippen LogP contribution in [0.1, 0.15) is 35.8 Å². The Balaban J connectivity index is 2.01. The Labute approximate surface area is 117 Å². The minimum absolute atomic E-state index is 0.178. The highest BCUT2D eigenvalue weighted by Gasteiger charge is 2.26. The lowest BCUT2D eigenvalue weighted by Gasteiger charge is -2.15. The number of hydrazine groups is 1. The second-order valence-electron chi connectivity index (χ2n) is 4.99. The molecular weight excluding hydrogens is 258 g/mol. The highest BCUT2D eigenvalue weighted by molar-refractivity contribution is 6.01. The number of hydrogen-bond donors (Lipinski definition) is 4. The smallest absolute Gasteiger partial charge is 0.255 e. The molecular formula is C13H19N5O2. The number of nitrogens with one attached hydrogen (secondary N) is 3. The Hall–Kier alpha value is -2.15. The van der Waals surface area contributed by atoms with Gasteiger partial charge in [-0.2, -0.15) is 0 Å². The number of rotatable bonds is 5. The monoisotopic (exact) mass is 277 g/mol. The number of anilines is 1. The maximum atomic E-state index is 12.1. The Morgan fingerprint density at radius 3 is 2.75 bits per heavy atom. The lowest BCUT2D eigenvalue weighted by Crippen LogP contribution is -2.45. The van der Waals surface area contributed by atoms with Gasteiger partial charge in [-0.25, -0.2) is 0 Å². The molecule has 1 saturated carbocycles. The average Bonchev–Trinajstić information content (AvgIpc) is 3.22. The van der Waals surface area contributed by atoms with Gasteiger partial charge in [0.2, 0.25) is 5.91 Å². The van der Waals surface area contributed by atoms with E-state index >= 15 is 0 Å². The predicted molar refractivity (Wildman–Crippen MR) is 74.9 cm³/mol. The first-order chi connectivity index (χ1) is 9.51. The van der Waals surface area contributed by atoms with E-state index in [1.807, 2.05) is 0 Å². The molecule has 1 unspecified atom stereocenters. The fraction of sp³-hybridized carbons (Fsp3) is 0.462. The number of nitrogens with zero attached hydrogens (tertiary/aromatic N) is 1. The van der Waals surface area contributed by atoms with E-state index in [1.165, 1.54) is 6.20 Å². The minimum atomic E-state index is -0.602. The van der Waals surface area contributed by atoms with E-state index in [-0.39, 0.29) is 17.9 Å². The average molecular weight is 277 g/mol. The Morgan fingerprint density at radius 2 is 2.15 bits per heavy atom. The van der Waals surface area contributed by atoms with Crippen LogP contribution in [-0.4, -0.2) is 28.9 Å². The van der Waals surface area contributed by atoms with Crippen LogP contribution >= 0.6 is 0 Å². The van der Waals surface area contributed by atoms with Gasteiger partial charge in [-0.1, -0.05) is 0 Å². The van der Waals surface area contributed by atoms with Crippen LogP contribution in [0.15, 0.2) is 12.3 Å². The largest absolute Gasteiger partial charge is 0.352 e. The molecule has 0 radical (unpaired) electrons. The number of pyridine rings is 1. The van der Waals surface area contributed by atoms with E-state index in [9.17, 15) is 9.59 Å². The van der Waals surface area contributed by atoms with Crippen molar-refractivity contribution in [1.29, 1.82) is 0 Å². The van der Waals surface area contributed by atoms with E-state index in [2.05, 4.69) is 21.0 Å². The first-order valence-corrected chi connectivity index (χ1v) is 6.55. The maximum absolute atomic E-state index is 12.1. The van der Waals surface area contributed by atoms with E-state index in [0.717, 1.165) is 18.5 Å². The molecule has 0 bridgehead atoms. The molecule has 108 valence electrons. The summed E-state index contributed by atoms with van der Waals surface area (Å²) in [5.74, 6) is 4.82. The third-order valence-corrected chi connectivity index (χ3v) is 3.11. The maximum Gasteiger partial charge on any atom is 0.255 e. The van der Waals surface area contributed by atoms with Crippen molar-refractivity contribution in [3.8, 4) is 0 Å². The molecule has 1 aliphatic carbocycles. The number of hydrogen-bond acceptors (Lipinski definition) is 5. The summed E-state index contributed by atoms with van der Waals surface area (Å²) in [6.07, 6.45) is 3.45. The summed E-state index contributed by atoms with van der Waals surface area (Å²) in [7, 11) is 0. The molecule has 0 aromatic carbocycles. The van der Waals surface area contributed by atoms with Crippen LogP contribution in [0.3, 0.4) is 0 Å². The molecule has 0 saturated heterocycles. The van der Waals surface area contributed by atoms with Crippen LogP contribution in [0.4, 0.5) is 5.69 Å². The van der Waals surface area contributed by atoms with Crippen LogP contribution in [0.5, 0.6) is 0 Å². The molecule has 5 N–H and O–H groups in total. The molecule has 20 heavy (non-hydrogen) atoms. The van der Waals surface area contributed by atoms with Gasteiger partial charge in [-0.3, -0.25) is 20.4 Å². The van der Waals surface area contributed by atoms with Gasteiger partial charge < -0.3 is 16.1 Å². The van der Waals surface area contributed by atoms with Crippen molar-refractivity contribution in [1.82, 2.24) is 15.6 Å². The molecule has 7 heteroatoms. The SMILES string of the molecule is Cc1cc(NN)c(C(=O)NC(C)C(=O)NC2CC2)cn1. The molecule has 0 aliphatic heterocycles. The van der Waals surface area contributed by atoms with Gasteiger partial charge in [0.15, 0.2) is 0 Å². The topological polar surface area (TPSA) is 109 Å². The first kappa shape index (κ1) is 14.3. The van der Waals surface area contributed by atoms with Crippen LogP contribution < -0.4 is 21.9 Å². The zero-order valence-electron chi connectivity index (χ0n) is 11.6. The molecule has 0 spiro atoms. The first-order valence-electron chi connectivity index (χ1n) is 6.55. The van der Waals surface area contributed by atoms with Crippen molar-refractivity contribution >= 4 is 17.5 Å². The normalized spacial score (nSPS) is 15.3. The van der Waals surface area contributed by atoms with Crippen molar-refractivity contribution in [3.63, 3.8) is 0 Å². The molecule has 2 rings (SSSR count). The van der Waals surface area contributed by atoms with Crippen molar-refractivity contribution in [2.45, 2.75) is 38.8 Å². The Morgan fingerprint density at radius 1 is 1.45 bits per heavy atom. The van der Waals surface area contributed by atoms with Gasteiger partial charge in [-0.05, 0) is 32.8 Å². The van der Waals surface area contributed by atoms with Crippen molar-refractivity contribution in [2.24, 2.45) is 5.84 Å². The van der Waals surface area contributed by atoms with Gasteiger partial charge in [-0.15, -0.1) is 0 Å². The molecule has 1 aromatic heterocycles. The number of carbonyl (C=O) groups is 2. The Bertz CT molecular complexity index is 527. The van der Waals surface area contributed by atoms with Gasteiger partial charge in [0.05, 0.1) is 11.3 Å². The van der Waals surface area contributed by atoms with Gasteiger partial charge >= 0.3 is 0 Å². The predicted octanol–water partition coefficient (Wildman–Crippen LogP) is 0.0725. The number of amides is 2. The minimum Gasteiger partial charge on any atom is -0.352 e. The van der Waals surface area contributed by atoms with E-state index in [4.69, 9.17) is 5.84 Å². The number of carbonyl (C=O) groups excluding carboxylic acids is 2. The molecule has 1 aliphatic rings. The summed E-state index contributed by atoms with van der Waals surface area (Å²) in [4.78, 5) is 28.0. The van der Waals surface area contributed by atoms with Crippen LogP contribution in [0, 0.1) is 6.92 Å². The number of nitrogen functional groups attached to an aromatic ring is 1. The molecule has 1 atom stereocenters. The lowest BCUT2D eigenvalue weighted by atomic mass is 10.2. The third-order valence-electron chi connectivity index (χ3n) is 3.11. The molecule has 7 nitrogen and oxygen atoms in total. The van der Waals surface area contributed by atoms with Crippen molar-refractivity contribution in [2.75, 3.05) is 5.43 Å². The standard InChI is InChI=1S/C13H19N5O2/c1-7-5-11(18-14)10(6-15-7)13(20)16-8(2)12(19)17-9-3-4-9/h5-6,8-9H,3-4,14H2,1-2H3,(H,15,18)(H,16,20)(H,17,19). The van der Waals surface area contributed by atoms with Crippen LogP contribution in [0.25, 0.3) is 0 Å². The van der Waals surface area contributed by atoms with Gasteiger partial charge in [0.1, 0.15) is 6.04 Å². The zero-order chi connectivity index (χ0) is 14.7. The van der Waals surface area contributed by atoms with Gasteiger partial charge in [0.25, 0.3) is 5.91 Å². The summed E-state index contributed by atoms with van der Waals surface area (Å²) >= 11 is 0. The Kier molecular flexibility index (Phi) is 4.19. The van der Waals surface area contributed by atoms with Crippen LogP contribution in [-0.2, 0) is 4.79 Å².